The van der Waals surface area contributed by atoms with Crippen LogP contribution in [0.25, 0.3) is 0 Å². The van der Waals surface area contributed by atoms with Crippen molar-refractivity contribution < 1.29 is 26.7 Å². The van der Waals surface area contributed by atoms with Crippen molar-refractivity contribution in [3.05, 3.63) is 35.4 Å². The molecule has 0 fully saturated rings. The van der Waals surface area contributed by atoms with E-state index in [4.69, 9.17) is 0 Å². The predicted molar refractivity (Wildman–Crippen MR) is 72.4 cm³/mol. The van der Waals surface area contributed by atoms with E-state index in [2.05, 4.69) is 15.5 Å². The number of nitrogens with zero attached hydrogens (tertiary/aromatic N) is 4. The van der Waals surface area contributed by atoms with Gasteiger partial charge in [0.05, 0.1) is 0 Å². The van der Waals surface area contributed by atoms with Crippen LogP contribution in [0.1, 0.15) is 34.8 Å². The summed E-state index contributed by atoms with van der Waals surface area (Å²) >= 11 is 0. The number of rotatable bonds is 6. The minimum atomic E-state index is -4.52. The van der Waals surface area contributed by atoms with Gasteiger partial charge in [0.1, 0.15) is 5.69 Å². The van der Waals surface area contributed by atoms with Crippen LogP contribution in [0.15, 0.2) is 18.3 Å². The highest BCUT2D eigenvalue weighted by Gasteiger charge is 2.34. The Morgan fingerprint density at radius 2 is 2.08 bits per heavy atom. The van der Waals surface area contributed by atoms with Crippen LogP contribution in [0.3, 0.4) is 0 Å². The van der Waals surface area contributed by atoms with Crippen LogP contribution in [0.5, 0.6) is 0 Å². The van der Waals surface area contributed by atoms with E-state index < -0.39 is 24.3 Å². The van der Waals surface area contributed by atoms with Gasteiger partial charge in [0.25, 0.3) is 5.91 Å². The molecule has 0 unspecified atom stereocenters. The normalized spacial score (nSPS) is 12.0. The van der Waals surface area contributed by atoms with Gasteiger partial charge in [0.15, 0.2) is 5.69 Å². The number of carbonyl (C=O) groups excluding carboxylic acids is 1. The van der Waals surface area contributed by atoms with Crippen molar-refractivity contribution in [1.82, 2.24) is 24.9 Å². The Kier molecular flexibility index (Phi) is 5.20. The van der Waals surface area contributed by atoms with E-state index in [0.29, 0.717) is 5.69 Å². The molecule has 2 rings (SSSR count). The highest BCUT2D eigenvalue weighted by Crippen LogP contribution is 2.28. The molecule has 6 nitrogen and oxygen atoms in total. The van der Waals surface area contributed by atoms with Crippen LogP contribution < -0.4 is 5.32 Å². The Morgan fingerprint density at radius 1 is 1.38 bits per heavy atom. The summed E-state index contributed by atoms with van der Waals surface area (Å²) in [5.74, 6) is -0.735. The number of aromatic nitrogens is 4. The van der Waals surface area contributed by atoms with E-state index in [-0.39, 0.29) is 29.9 Å². The SMILES string of the molecule is Cc1cc(C(F)(F)F)nn1CCCNC(=O)c1ccnn1C(F)F. The number of nitrogens with one attached hydrogen (secondary N) is 1. The molecular formula is C13H14F5N5O. The zero-order valence-corrected chi connectivity index (χ0v) is 12.5. The summed E-state index contributed by atoms with van der Waals surface area (Å²) < 4.78 is 64.2. The van der Waals surface area contributed by atoms with Gasteiger partial charge in [-0.15, -0.1) is 0 Å². The van der Waals surface area contributed by atoms with Crippen LogP contribution in [0.2, 0.25) is 0 Å². The van der Waals surface area contributed by atoms with Gasteiger partial charge in [-0.1, -0.05) is 0 Å². The Bertz CT molecular complexity index is 706. The molecule has 0 atom stereocenters. The highest BCUT2D eigenvalue weighted by molar-refractivity contribution is 5.92. The topological polar surface area (TPSA) is 64.7 Å². The van der Waals surface area contributed by atoms with Crippen LogP contribution in [0.4, 0.5) is 22.0 Å². The molecule has 0 radical (unpaired) electrons. The summed E-state index contributed by atoms with van der Waals surface area (Å²) in [5.41, 5.74) is -0.936. The Balaban J connectivity index is 1.86. The van der Waals surface area contributed by atoms with Gasteiger partial charge < -0.3 is 5.32 Å². The second-order valence-electron chi connectivity index (χ2n) is 4.94. The van der Waals surface area contributed by atoms with Crippen molar-refractivity contribution in [3.8, 4) is 0 Å². The number of carbonyl (C=O) groups is 1. The fraction of sp³-hybridized carbons (Fsp3) is 0.462. The van der Waals surface area contributed by atoms with Gasteiger partial charge >= 0.3 is 12.7 Å². The maximum atomic E-state index is 12.6. The Hall–Kier alpha value is -2.46. The molecule has 2 heterocycles. The number of amides is 1. The third-order valence-corrected chi connectivity index (χ3v) is 3.19. The molecule has 0 spiro atoms. The summed E-state index contributed by atoms with van der Waals surface area (Å²) in [6.45, 7) is -1.21. The van der Waals surface area contributed by atoms with Gasteiger partial charge in [0.2, 0.25) is 0 Å². The van der Waals surface area contributed by atoms with Crippen LogP contribution >= 0.6 is 0 Å². The molecular weight excluding hydrogens is 337 g/mol. The Labute approximate surface area is 133 Å². The molecule has 0 aliphatic rings. The monoisotopic (exact) mass is 351 g/mol. The molecule has 0 bridgehead atoms. The quantitative estimate of drug-likeness (QED) is 0.643. The smallest absolute Gasteiger partial charge is 0.351 e. The first-order chi connectivity index (χ1) is 11.2. The number of hydrogen-bond acceptors (Lipinski definition) is 3. The number of hydrogen-bond donors (Lipinski definition) is 1. The molecule has 0 saturated heterocycles. The van der Waals surface area contributed by atoms with Crippen molar-refractivity contribution in [3.63, 3.8) is 0 Å². The summed E-state index contributed by atoms with van der Waals surface area (Å²) in [5, 5.41) is 9.20. The van der Waals surface area contributed by atoms with Crippen LogP contribution in [0, 0.1) is 6.92 Å². The van der Waals surface area contributed by atoms with E-state index in [1.165, 1.54) is 11.6 Å². The lowest BCUT2D eigenvalue weighted by Gasteiger charge is -2.08. The maximum absolute atomic E-state index is 12.6. The minimum Gasteiger partial charge on any atom is -0.351 e. The van der Waals surface area contributed by atoms with Gasteiger partial charge in [0, 0.05) is 25.0 Å². The third kappa shape index (κ3) is 4.09. The molecule has 1 amide bonds. The zero-order chi connectivity index (χ0) is 17.9. The number of halogens is 5. The van der Waals surface area contributed by atoms with E-state index in [1.807, 2.05) is 0 Å². The number of alkyl halides is 5. The summed E-state index contributed by atoms with van der Waals surface area (Å²) in [7, 11) is 0. The molecule has 2 aromatic heterocycles. The fourth-order valence-electron chi connectivity index (χ4n) is 2.05. The van der Waals surface area contributed by atoms with Crippen LogP contribution in [-0.4, -0.2) is 32.0 Å². The predicted octanol–water partition coefficient (Wildman–Crippen LogP) is 2.62. The van der Waals surface area contributed by atoms with Crippen molar-refractivity contribution in [2.75, 3.05) is 6.54 Å². The molecule has 1 N–H and O–H groups in total. The second-order valence-corrected chi connectivity index (χ2v) is 4.94. The molecule has 0 aliphatic carbocycles. The first-order valence-corrected chi connectivity index (χ1v) is 6.91. The molecule has 132 valence electrons. The van der Waals surface area contributed by atoms with Crippen molar-refractivity contribution in [1.29, 1.82) is 0 Å². The highest BCUT2D eigenvalue weighted by atomic mass is 19.4. The molecule has 0 aromatic carbocycles. The van der Waals surface area contributed by atoms with Gasteiger partial charge in [-0.2, -0.15) is 36.8 Å². The van der Waals surface area contributed by atoms with Crippen LogP contribution in [-0.2, 0) is 12.7 Å². The molecule has 0 saturated carbocycles. The summed E-state index contributed by atoms with van der Waals surface area (Å²) in [4.78, 5) is 11.8. The average Bonchev–Trinajstić information content (AvgIpc) is 3.09. The maximum Gasteiger partial charge on any atom is 0.435 e. The Morgan fingerprint density at radius 3 is 2.67 bits per heavy atom. The second kappa shape index (κ2) is 6.97. The van der Waals surface area contributed by atoms with Gasteiger partial charge in [-0.05, 0) is 25.5 Å². The summed E-state index contributed by atoms with van der Waals surface area (Å²) in [6, 6.07) is 2.08. The molecule has 11 heteroatoms. The molecule has 24 heavy (non-hydrogen) atoms. The lowest BCUT2D eigenvalue weighted by Crippen LogP contribution is -2.28. The van der Waals surface area contributed by atoms with Crippen molar-refractivity contribution in [2.24, 2.45) is 0 Å². The van der Waals surface area contributed by atoms with Crippen molar-refractivity contribution in [2.45, 2.75) is 32.6 Å². The standard InChI is InChI=1S/C13H14F5N5O/c1-8-7-10(13(16,17)18)21-22(8)6-2-4-19-11(24)9-3-5-20-23(9)12(14)15/h3,5,7,12H,2,4,6H2,1H3,(H,19,24). The lowest BCUT2D eigenvalue weighted by molar-refractivity contribution is -0.141. The van der Waals surface area contributed by atoms with E-state index in [0.717, 1.165) is 18.3 Å². The van der Waals surface area contributed by atoms with Gasteiger partial charge in [-0.25, -0.2) is 0 Å². The first-order valence-electron chi connectivity index (χ1n) is 6.91. The molecule has 0 aliphatic heterocycles. The fourth-order valence-corrected chi connectivity index (χ4v) is 2.05. The van der Waals surface area contributed by atoms with E-state index >= 15 is 0 Å². The molecule has 2 aromatic rings. The van der Waals surface area contributed by atoms with E-state index in [1.54, 1.807) is 0 Å². The largest absolute Gasteiger partial charge is 0.435 e. The van der Waals surface area contributed by atoms with Gasteiger partial charge in [-0.3, -0.25) is 9.48 Å². The summed E-state index contributed by atoms with van der Waals surface area (Å²) in [6.07, 6.45) is -3.15. The average molecular weight is 351 g/mol. The zero-order valence-electron chi connectivity index (χ0n) is 12.5. The van der Waals surface area contributed by atoms with Crippen molar-refractivity contribution >= 4 is 5.91 Å². The first kappa shape index (κ1) is 17.9. The number of aryl methyl sites for hydroxylation is 2. The lowest BCUT2D eigenvalue weighted by atomic mass is 10.3. The minimum absolute atomic E-state index is 0.0912. The third-order valence-electron chi connectivity index (χ3n) is 3.19. The van der Waals surface area contributed by atoms with E-state index in [9.17, 15) is 26.7 Å².